The lowest BCUT2D eigenvalue weighted by molar-refractivity contribution is -0.137. The molecule has 4 nitrogen and oxygen atoms in total. The Hall–Kier alpha value is -2.15. The van der Waals surface area contributed by atoms with Gasteiger partial charge in [0, 0.05) is 5.56 Å². The van der Waals surface area contributed by atoms with E-state index in [1.54, 1.807) is 0 Å². The van der Waals surface area contributed by atoms with Crippen molar-refractivity contribution in [3.63, 3.8) is 0 Å². The summed E-state index contributed by atoms with van der Waals surface area (Å²) >= 11 is 5.67. The standard InChI is InChI=1S/C12H6ClF3N4/c13-7-3-1-2-6(9(7)12(14,15)16)10-19-8-4-17-5-18-11(8)20-10/h1-5H,(H,17,18,19,20). The summed E-state index contributed by atoms with van der Waals surface area (Å²) in [6.07, 6.45) is -1.86. The molecule has 0 amide bonds. The molecule has 102 valence electrons. The highest BCUT2D eigenvalue weighted by Gasteiger charge is 2.36. The van der Waals surface area contributed by atoms with Crippen LogP contribution in [-0.2, 0) is 6.18 Å². The molecule has 0 atom stereocenters. The minimum atomic E-state index is -4.57. The van der Waals surface area contributed by atoms with Crippen LogP contribution >= 0.6 is 11.6 Å². The number of fused-ring (bicyclic) bond motifs is 1. The van der Waals surface area contributed by atoms with Gasteiger partial charge in [-0.15, -0.1) is 0 Å². The van der Waals surface area contributed by atoms with Gasteiger partial charge in [-0.3, -0.25) is 0 Å². The van der Waals surface area contributed by atoms with Crippen molar-refractivity contribution in [2.75, 3.05) is 0 Å². The number of hydrogen-bond acceptors (Lipinski definition) is 3. The number of nitrogens with zero attached hydrogens (tertiary/aromatic N) is 3. The summed E-state index contributed by atoms with van der Waals surface area (Å²) in [7, 11) is 0. The highest BCUT2D eigenvalue weighted by atomic mass is 35.5. The highest BCUT2D eigenvalue weighted by Crippen LogP contribution is 2.40. The Bertz CT molecular complexity index is 749. The van der Waals surface area contributed by atoms with Gasteiger partial charge >= 0.3 is 6.18 Å². The molecule has 0 saturated carbocycles. The van der Waals surface area contributed by atoms with Gasteiger partial charge in [-0.25, -0.2) is 15.0 Å². The number of halogens is 4. The third-order valence-corrected chi connectivity index (χ3v) is 3.03. The second kappa shape index (κ2) is 4.45. The van der Waals surface area contributed by atoms with Gasteiger partial charge < -0.3 is 4.98 Å². The van der Waals surface area contributed by atoms with Gasteiger partial charge in [-0.2, -0.15) is 13.2 Å². The van der Waals surface area contributed by atoms with Crippen LogP contribution in [0.5, 0.6) is 0 Å². The van der Waals surface area contributed by atoms with Crippen molar-refractivity contribution in [2.45, 2.75) is 6.18 Å². The molecular formula is C12H6ClF3N4. The van der Waals surface area contributed by atoms with Crippen LogP contribution in [-0.4, -0.2) is 19.9 Å². The molecule has 0 fully saturated rings. The summed E-state index contributed by atoms with van der Waals surface area (Å²) in [4.78, 5) is 14.4. The first-order chi connectivity index (χ1) is 9.47. The van der Waals surface area contributed by atoms with E-state index >= 15 is 0 Å². The fourth-order valence-corrected chi connectivity index (χ4v) is 2.18. The van der Waals surface area contributed by atoms with E-state index in [-0.39, 0.29) is 16.4 Å². The van der Waals surface area contributed by atoms with Gasteiger partial charge in [0.15, 0.2) is 5.65 Å². The van der Waals surface area contributed by atoms with Crippen molar-refractivity contribution in [3.8, 4) is 11.4 Å². The van der Waals surface area contributed by atoms with E-state index in [2.05, 4.69) is 19.9 Å². The van der Waals surface area contributed by atoms with E-state index in [4.69, 9.17) is 11.6 Å². The number of rotatable bonds is 1. The molecule has 0 aliphatic carbocycles. The van der Waals surface area contributed by atoms with Crippen molar-refractivity contribution in [1.29, 1.82) is 0 Å². The van der Waals surface area contributed by atoms with Gasteiger partial charge in [0.2, 0.25) is 0 Å². The van der Waals surface area contributed by atoms with Crippen LogP contribution in [0.4, 0.5) is 13.2 Å². The van der Waals surface area contributed by atoms with Gasteiger partial charge in [-0.05, 0) is 6.07 Å². The van der Waals surface area contributed by atoms with Crippen molar-refractivity contribution < 1.29 is 13.2 Å². The van der Waals surface area contributed by atoms with Crippen molar-refractivity contribution >= 4 is 22.8 Å². The first-order valence-corrected chi connectivity index (χ1v) is 5.86. The van der Waals surface area contributed by atoms with E-state index in [0.29, 0.717) is 11.2 Å². The quantitative estimate of drug-likeness (QED) is 0.745. The number of H-pyrrole nitrogens is 1. The van der Waals surface area contributed by atoms with Crippen LogP contribution in [0.1, 0.15) is 5.56 Å². The number of imidazole rings is 1. The number of alkyl halides is 3. The smallest absolute Gasteiger partial charge is 0.335 e. The van der Waals surface area contributed by atoms with Crippen molar-refractivity contribution in [3.05, 3.63) is 41.3 Å². The fraction of sp³-hybridized carbons (Fsp3) is 0.0833. The van der Waals surface area contributed by atoms with E-state index in [0.717, 1.165) is 0 Å². The molecule has 0 aliphatic heterocycles. The second-order valence-corrected chi connectivity index (χ2v) is 4.41. The van der Waals surface area contributed by atoms with Crippen molar-refractivity contribution in [2.24, 2.45) is 0 Å². The molecule has 20 heavy (non-hydrogen) atoms. The van der Waals surface area contributed by atoms with Crippen LogP contribution < -0.4 is 0 Å². The lowest BCUT2D eigenvalue weighted by atomic mass is 10.1. The predicted octanol–water partition coefficient (Wildman–Crippen LogP) is 3.69. The van der Waals surface area contributed by atoms with E-state index in [1.165, 1.54) is 30.7 Å². The van der Waals surface area contributed by atoms with Crippen LogP contribution in [0.15, 0.2) is 30.7 Å². The Balaban J connectivity index is 2.26. The minimum Gasteiger partial charge on any atom is -0.335 e. The van der Waals surface area contributed by atoms with E-state index in [1.807, 2.05) is 0 Å². The average Bonchev–Trinajstić information content (AvgIpc) is 2.80. The Kier molecular flexibility index (Phi) is 2.86. The molecule has 1 N–H and O–H groups in total. The molecule has 0 saturated heterocycles. The summed E-state index contributed by atoms with van der Waals surface area (Å²) in [5.41, 5.74) is -0.296. The molecule has 1 aromatic carbocycles. The molecule has 0 unspecified atom stereocenters. The lowest BCUT2D eigenvalue weighted by Gasteiger charge is -2.12. The highest BCUT2D eigenvalue weighted by molar-refractivity contribution is 6.31. The van der Waals surface area contributed by atoms with E-state index in [9.17, 15) is 13.2 Å². The summed E-state index contributed by atoms with van der Waals surface area (Å²) < 4.78 is 39.3. The van der Waals surface area contributed by atoms with E-state index < -0.39 is 11.7 Å². The summed E-state index contributed by atoms with van der Waals surface area (Å²) in [5, 5.41) is -0.374. The topological polar surface area (TPSA) is 54.5 Å². The number of benzene rings is 1. The number of aromatic nitrogens is 4. The van der Waals surface area contributed by atoms with Gasteiger partial charge in [0.25, 0.3) is 0 Å². The molecule has 0 aliphatic rings. The monoisotopic (exact) mass is 298 g/mol. The third-order valence-electron chi connectivity index (χ3n) is 2.71. The lowest BCUT2D eigenvalue weighted by Crippen LogP contribution is -2.08. The zero-order valence-electron chi connectivity index (χ0n) is 9.74. The van der Waals surface area contributed by atoms with Gasteiger partial charge in [-0.1, -0.05) is 23.7 Å². The SMILES string of the molecule is FC(F)(F)c1c(Cl)cccc1-c1nc2ncncc2[nH]1. The van der Waals surface area contributed by atoms with Gasteiger partial charge in [0.05, 0.1) is 16.8 Å². The first-order valence-electron chi connectivity index (χ1n) is 5.48. The normalized spacial score (nSPS) is 12.0. The molecular weight excluding hydrogens is 293 g/mol. The van der Waals surface area contributed by atoms with Crippen LogP contribution in [0.3, 0.4) is 0 Å². The summed E-state index contributed by atoms with van der Waals surface area (Å²) in [5.74, 6) is 0.0512. The largest absolute Gasteiger partial charge is 0.418 e. The molecule has 2 aromatic heterocycles. The molecule has 3 rings (SSSR count). The molecule has 2 heterocycles. The fourth-order valence-electron chi connectivity index (χ4n) is 1.90. The van der Waals surface area contributed by atoms with Crippen LogP contribution in [0.2, 0.25) is 5.02 Å². The molecule has 8 heteroatoms. The Labute approximate surface area is 115 Å². The zero-order valence-corrected chi connectivity index (χ0v) is 10.5. The average molecular weight is 299 g/mol. The number of hydrogen-bond donors (Lipinski definition) is 1. The maximum Gasteiger partial charge on any atom is 0.418 e. The Morgan fingerprint density at radius 1 is 1.20 bits per heavy atom. The maximum atomic E-state index is 13.1. The van der Waals surface area contributed by atoms with Crippen LogP contribution in [0.25, 0.3) is 22.6 Å². The number of aromatic amines is 1. The van der Waals surface area contributed by atoms with Crippen LogP contribution in [0, 0.1) is 0 Å². The zero-order chi connectivity index (χ0) is 14.3. The first kappa shape index (κ1) is 12.9. The minimum absolute atomic E-state index is 0.0512. The predicted molar refractivity (Wildman–Crippen MR) is 67.1 cm³/mol. The maximum absolute atomic E-state index is 13.1. The van der Waals surface area contributed by atoms with Gasteiger partial charge in [0.1, 0.15) is 17.7 Å². The third kappa shape index (κ3) is 2.09. The second-order valence-electron chi connectivity index (χ2n) is 4.01. The molecule has 0 radical (unpaired) electrons. The molecule has 3 aromatic rings. The molecule has 0 spiro atoms. The molecule has 0 bridgehead atoms. The summed E-state index contributed by atoms with van der Waals surface area (Å²) in [6.45, 7) is 0. The number of nitrogens with one attached hydrogen (secondary N) is 1. The summed E-state index contributed by atoms with van der Waals surface area (Å²) in [6, 6.07) is 3.93. The Morgan fingerprint density at radius 2 is 2.00 bits per heavy atom. The Morgan fingerprint density at radius 3 is 2.70 bits per heavy atom. The van der Waals surface area contributed by atoms with Crippen molar-refractivity contribution in [1.82, 2.24) is 19.9 Å².